The fourth-order valence-electron chi connectivity index (χ4n) is 0.166. The maximum atomic E-state index is 10.2. The number of hydrogen-bond acceptors (Lipinski definition) is 2. The Morgan fingerprint density at radius 3 is 2.14 bits per heavy atom. The summed E-state index contributed by atoms with van der Waals surface area (Å²) in [6, 6.07) is 0. The molecule has 0 aliphatic rings. The van der Waals surface area contributed by atoms with Crippen molar-refractivity contribution in [1.82, 2.24) is 0 Å². The zero-order chi connectivity index (χ0) is 5.86. The average molecular weight is 105 g/mol. The molecule has 0 aromatic heterocycles. The van der Waals surface area contributed by atoms with Crippen molar-refractivity contribution in [2.75, 3.05) is 14.2 Å². The minimum Gasteiger partial charge on any atom is -0.633 e. The van der Waals surface area contributed by atoms with E-state index in [2.05, 4.69) is 4.74 Å². The van der Waals surface area contributed by atoms with Crippen LogP contribution in [0.2, 0.25) is 0 Å². The molecular weight excluding hydrogens is 94.0 g/mol. The predicted octanol–water partition coefficient (Wildman–Crippen LogP) is -1.01. The molecule has 0 fully saturated rings. The average Bonchev–Trinajstić information content (AvgIpc) is 1.65. The Labute approximate surface area is 43.5 Å². The van der Waals surface area contributed by atoms with Crippen molar-refractivity contribution in [1.29, 1.82) is 0 Å². The van der Waals surface area contributed by atoms with Gasteiger partial charge in [-0.25, -0.2) is 0 Å². The molecule has 2 unspecified atom stereocenters. The van der Waals surface area contributed by atoms with Crippen LogP contribution in [-0.4, -0.2) is 20.4 Å². The molecule has 0 saturated carbocycles. The van der Waals surface area contributed by atoms with Crippen LogP contribution in [0.1, 0.15) is 6.92 Å². The van der Waals surface area contributed by atoms with Crippen molar-refractivity contribution in [2.45, 2.75) is 13.2 Å². The Balaban J connectivity index is 3.14. The Morgan fingerprint density at radius 1 is 1.71 bits per heavy atom. The number of rotatable bonds is 2. The van der Waals surface area contributed by atoms with Crippen LogP contribution in [-0.2, 0) is 4.74 Å². The van der Waals surface area contributed by atoms with Gasteiger partial charge in [0.05, 0.1) is 7.05 Å². The minimum atomic E-state index is -0.236. The van der Waals surface area contributed by atoms with Gasteiger partial charge < -0.3 is 15.0 Å². The van der Waals surface area contributed by atoms with Gasteiger partial charge in [-0.2, -0.15) is 0 Å². The van der Waals surface area contributed by atoms with Gasteiger partial charge in [-0.15, -0.1) is 0 Å². The van der Waals surface area contributed by atoms with Gasteiger partial charge in [-0.1, -0.05) is 0 Å². The largest absolute Gasteiger partial charge is 0.633 e. The van der Waals surface area contributed by atoms with E-state index in [1.165, 1.54) is 14.2 Å². The smallest absolute Gasteiger partial charge is 0.188 e. The lowest BCUT2D eigenvalue weighted by Gasteiger charge is -2.21. The molecule has 7 heavy (non-hydrogen) atoms. The summed E-state index contributed by atoms with van der Waals surface area (Å²) in [4.78, 5) is 0. The highest BCUT2D eigenvalue weighted by Crippen LogP contribution is 1.68. The van der Waals surface area contributed by atoms with Crippen molar-refractivity contribution in [3.05, 3.63) is 5.21 Å². The van der Waals surface area contributed by atoms with Crippen molar-refractivity contribution in [2.24, 2.45) is 0 Å². The number of methoxy groups -OCH3 is 1. The number of hydroxylamine groups is 2. The molecular formula is C4H11NO2. The van der Waals surface area contributed by atoms with Gasteiger partial charge in [-0.3, -0.25) is 0 Å². The number of ether oxygens (including phenoxy) is 1. The molecule has 2 atom stereocenters. The first-order valence-corrected chi connectivity index (χ1v) is 2.21. The Hall–Kier alpha value is -0.120. The van der Waals surface area contributed by atoms with E-state index in [0.717, 1.165) is 0 Å². The van der Waals surface area contributed by atoms with Crippen LogP contribution in [0.15, 0.2) is 0 Å². The third-order valence-electron chi connectivity index (χ3n) is 0.926. The summed E-state index contributed by atoms with van der Waals surface area (Å²) in [6.45, 7) is 1.72. The lowest BCUT2D eigenvalue weighted by molar-refractivity contribution is -0.878. The Bertz CT molecular complexity index is 47.0. The molecule has 0 aliphatic carbocycles. The molecule has 0 aromatic carbocycles. The summed E-state index contributed by atoms with van der Waals surface area (Å²) in [5.74, 6) is 0. The van der Waals surface area contributed by atoms with Crippen molar-refractivity contribution >= 4 is 0 Å². The molecule has 0 amide bonds. The Kier molecular flexibility index (Phi) is 2.91. The van der Waals surface area contributed by atoms with E-state index in [1.54, 1.807) is 6.92 Å². The maximum absolute atomic E-state index is 10.2. The SMILES string of the molecule is COC(C)[NH+](C)[O-]. The van der Waals surface area contributed by atoms with Crippen LogP contribution >= 0.6 is 0 Å². The first-order chi connectivity index (χ1) is 3.18. The van der Waals surface area contributed by atoms with Gasteiger partial charge in [0.15, 0.2) is 6.23 Å². The lowest BCUT2D eigenvalue weighted by Crippen LogP contribution is -3.08. The molecule has 0 aromatic rings. The van der Waals surface area contributed by atoms with Crippen LogP contribution < -0.4 is 5.06 Å². The third-order valence-corrected chi connectivity index (χ3v) is 0.926. The Morgan fingerprint density at radius 2 is 2.14 bits per heavy atom. The fourth-order valence-corrected chi connectivity index (χ4v) is 0.166. The third kappa shape index (κ3) is 2.56. The van der Waals surface area contributed by atoms with Gasteiger partial charge in [0, 0.05) is 14.0 Å². The first kappa shape index (κ1) is 6.88. The van der Waals surface area contributed by atoms with Crippen molar-refractivity contribution in [3.63, 3.8) is 0 Å². The second kappa shape index (κ2) is 2.96. The second-order valence-electron chi connectivity index (χ2n) is 1.49. The van der Waals surface area contributed by atoms with Crippen LogP contribution in [0.4, 0.5) is 0 Å². The predicted molar refractivity (Wildman–Crippen MR) is 26.7 cm³/mol. The van der Waals surface area contributed by atoms with Crippen LogP contribution in [0.3, 0.4) is 0 Å². The van der Waals surface area contributed by atoms with Gasteiger partial charge >= 0.3 is 0 Å². The zero-order valence-electron chi connectivity index (χ0n) is 4.89. The van der Waals surface area contributed by atoms with Crippen LogP contribution in [0.25, 0.3) is 0 Å². The summed E-state index contributed by atoms with van der Waals surface area (Å²) in [7, 11) is 3.03. The molecule has 3 nitrogen and oxygen atoms in total. The molecule has 0 aliphatic heterocycles. The highest BCUT2D eigenvalue weighted by molar-refractivity contribution is 4.19. The van der Waals surface area contributed by atoms with Gasteiger partial charge in [-0.05, 0) is 0 Å². The van der Waals surface area contributed by atoms with Gasteiger partial charge in [0.2, 0.25) is 0 Å². The van der Waals surface area contributed by atoms with E-state index in [-0.39, 0.29) is 11.3 Å². The molecule has 0 saturated heterocycles. The van der Waals surface area contributed by atoms with E-state index >= 15 is 0 Å². The van der Waals surface area contributed by atoms with Crippen LogP contribution in [0.5, 0.6) is 0 Å². The van der Waals surface area contributed by atoms with Crippen LogP contribution in [0, 0.1) is 5.21 Å². The first-order valence-electron chi connectivity index (χ1n) is 2.21. The molecule has 0 spiro atoms. The number of nitrogens with one attached hydrogen (secondary N) is 1. The van der Waals surface area contributed by atoms with E-state index in [0.29, 0.717) is 0 Å². The molecule has 44 valence electrons. The van der Waals surface area contributed by atoms with E-state index in [4.69, 9.17) is 0 Å². The molecule has 1 N–H and O–H groups in total. The summed E-state index contributed by atoms with van der Waals surface area (Å²) in [5.41, 5.74) is 0. The summed E-state index contributed by atoms with van der Waals surface area (Å²) >= 11 is 0. The van der Waals surface area contributed by atoms with Crippen molar-refractivity contribution in [3.8, 4) is 0 Å². The summed E-state index contributed by atoms with van der Waals surface area (Å²) in [6.07, 6.45) is -0.236. The molecule has 0 heterocycles. The highest BCUT2D eigenvalue weighted by Gasteiger charge is 1.97. The normalized spacial score (nSPS) is 18.9. The van der Waals surface area contributed by atoms with E-state index in [9.17, 15) is 5.21 Å². The van der Waals surface area contributed by atoms with E-state index < -0.39 is 0 Å². The standard InChI is InChI=1S/C4H11NO2/c1-4(7-3)5(2)6/h4-5H,1-3H3. The maximum Gasteiger partial charge on any atom is 0.188 e. The quantitative estimate of drug-likeness (QED) is 0.361. The fraction of sp³-hybridized carbons (Fsp3) is 1.00. The number of hydrogen-bond donors (Lipinski definition) is 1. The second-order valence-corrected chi connectivity index (χ2v) is 1.49. The summed E-state index contributed by atoms with van der Waals surface area (Å²) < 4.78 is 4.66. The monoisotopic (exact) mass is 105 g/mol. The summed E-state index contributed by atoms with van der Waals surface area (Å²) in [5, 5.41) is 10.3. The van der Waals surface area contributed by atoms with E-state index in [1.807, 2.05) is 0 Å². The minimum absolute atomic E-state index is 0.0718. The molecule has 0 rings (SSSR count). The molecule has 0 radical (unpaired) electrons. The van der Waals surface area contributed by atoms with Gasteiger partial charge in [0.25, 0.3) is 0 Å². The van der Waals surface area contributed by atoms with Crippen molar-refractivity contribution < 1.29 is 9.80 Å². The number of quaternary nitrogens is 1. The zero-order valence-corrected chi connectivity index (χ0v) is 4.89. The molecule has 3 heteroatoms. The van der Waals surface area contributed by atoms with Gasteiger partial charge in [0.1, 0.15) is 0 Å². The molecule has 0 bridgehead atoms. The topological polar surface area (TPSA) is 36.7 Å². The lowest BCUT2D eigenvalue weighted by atomic mass is 10.7. The highest BCUT2D eigenvalue weighted by atomic mass is 16.6.